The zero-order valence-electron chi connectivity index (χ0n) is 10.1. The first-order valence-electron chi connectivity index (χ1n) is 6.11. The summed E-state index contributed by atoms with van der Waals surface area (Å²) in [6, 6.07) is 13.6. The fraction of sp³-hybridized carbons (Fsp3) is 0.200. The standard InChI is InChI=1S/C15H13BrClNO/c16-12-7-9(5-6-13(12)17)15(19)14-11-4-2-1-3-10(11)8-18-14/h1-7,14-15,18-19H,8H2. The lowest BCUT2D eigenvalue weighted by Gasteiger charge is -2.20. The molecule has 4 heteroatoms. The van der Waals surface area contributed by atoms with Crippen LogP contribution in [0.25, 0.3) is 0 Å². The van der Waals surface area contributed by atoms with Gasteiger partial charge in [0.25, 0.3) is 0 Å². The Kier molecular flexibility index (Phi) is 3.63. The average Bonchev–Trinajstić information content (AvgIpc) is 2.85. The quantitative estimate of drug-likeness (QED) is 0.868. The van der Waals surface area contributed by atoms with Crippen LogP contribution in [0.1, 0.15) is 28.8 Å². The normalized spacial score (nSPS) is 19.2. The van der Waals surface area contributed by atoms with Crippen LogP contribution >= 0.6 is 27.5 Å². The molecule has 2 nitrogen and oxygen atoms in total. The van der Waals surface area contributed by atoms with Crippen molar-refractivity contribution in [2.45, 2.75) is 18.7 Å². The maximum atomic E-state index is 10.6. The Bertz CT molecular complexity index is 617. The number of nitrogens with one attached hydrogen (secondary N) is 1. The summed E-state index contributed by atoms with van der Waals surface area (Å²) in [5.41, 5.74) is 3.27. The minimum atomic E-state index is -0.586. The molecule has 0 aromatic heterocycles. The van der Waals surface area contributed by atoms with Gasteiger partial charge in [0.1, 0.15) is 0 Å². The predicted octanol–water partition coefficient (Wildman–Crippen LogP) is 3.98. The van der Waals surface area contributed by atoms with Crippen molar-refractivity contribution in [3.05, 3.63) is 68.7 Å². The number of hydrogen-bond donors (Lipinski definition) is 2. The van der Waals surface area contributed by atoms with E-state index in [0.29, 0.717) is 5.02 Å². The topological polar surface area (TPSA) is 32.3 Å². The van der Waals surface area contributed by atoms with E-state index in [2.05, 4.69) is 33.4 Å². The Hall–Kier alpha value is -0.870. The van der Waals surface area contributed by atoms with Gasteiger partial charge in [-0.15, -0.1) is 0 Å². The Balaban J connectivity index is 1.93. The first-order chi connectivity index (χ1) is 9.16. The molecule has 0 fully saturated rings. The molecule has 98 valence electrons. The van der Waals surface area contributed by atoms with E-state index in [1.54, 1.807) is 6.07 Å². The lowest BCUT2D eigenvalue weighted by Crippen LogP contribution is -2.20. The molecule has 0 saturated carbocycles. The summed E-state index contributed by atoms with van der Waals surface area (Å²) >= 11 is 9.37. The number of halogens is 2. The zero-order valence-corrected chi connectivity index (χ0v) is 12.4. The number of aliphatic hydroxyl groups is 1. The highest BCUT2D eigenvalue weighted by atomic mass is 79.9. The minimum absolute atomic E-state index is 0.0655. The summed E-state index contributed by atoms with van der Waals surface area (Å²) in [5.74, 6) is 0. The van der Waals surface area contributed by atoms with Gasteiger partial charge in [0.2, 0.25) is 0 Å². The van der Waals surface area contributed by atoms with Gasteiger partial charge in [-0.1, -0.05) is 41.9 Å². The lowest BCUT2D eigenvalue weighted by molar-refractivity contribution is 0.133. The molecule has 3 rings (SSSR count). The molecule has 2 atom stereocenters. The summed E-state index contributed by atoms with van der Waals surface area (Å²) in [5, 5.41) is 14.6. The van der Waals surface area contributed by atoms with Crippen LogP contribution in [0.5, 0.6) is 0 Å². The summed E-state index contributed by atoms with van der Waals surface area (Å²) in [6.45, 7) is 0.798. The van der Waals surface area contributed by atoms with Crippen LogP contribution in [-0.4, -0.2) is 5.11 Å². The Morgan fingerprint density at radius 1 is 1.26 bits per heavy atom. The Morgan fingerprint density at radius 3 is 2.84 bits per heavy atom. The van der Waals surface area contributed by atoms with Gasteiger partial charge in [-0.05, 0) is 44.8 Å². The van der Waals surface area contributed by atoms with Crippen LogP contribution in [0.3, 0.4) is 0 Å². The molecule has 19 heavy (non-hydrogen) atoms. The number of fused-ring (bicyclic) bond motifs is 1. The van der Waals surface area contributed by atoms with Crippen molar-refractivity contribution in [3.8, 4) is 0 Å². The second-order valence-electron chi connectivity index (χ2n) is 4.68. The van der Waals surface area contributed by atoms with Gasteiger partial charge in [-0.2, -0.15) is 0 Å². The predicted molar refractivity (Wildman–Crippen MR) is 80.1 cm³/mol. The van der Waals surface area contributed by atoms with Crippen LogP contribution in [0.4, 0.5) is 0 Å². The molecule has 0 amide bonds. The molecule has 1 aliphatic heterocycles. The first kappa shape index (κ1) is 13.1. The maximum absolute atomic E-state index is 10.6. The monoisotopic (exact) mass is 337 g/mol. The summed E-state index contributed by atoms with van der Waals surface area (Å²) in [7, 11) is 0. The molecule has 2 aromatic carbocycles. The average molecular weight is 339 g/mol. The van der Waals surface area contributed by atoms with E-state index in [1.165, 1.54) is 11.1 Å². The number of rotatable bonds is 2. The molecule has 0 aliphatic carbocycles. The van der Waals surface area contributed by atoms with E-state index in [-0.39, 0.29) is 6.04 Å². The highest BCUT2D eigenvalue weighted by Gasteiger charge is 2.28. The SMILES string of the molecule is OC(c1ccc(Cl)c(Br)c1)C1NCc2ccccc21. The molecule has 1 aliphatic rings. The Morgan fingerprint density at radius 2 is 2.05 bits per heavy atom. The lowest BCUT2D eigenvalue weighted by atomic mass is 9.96. The van der Waals surface area contributed by atoms with Gasteiger partial charge in [0.15, 0.2) is 0 Å². The van der Waals surface area contributed by atoms with E-state index in [1.807, 2.05) is 24.3 Å². The maximum Gasteiger partial charge on any atom is 0.0985 e. The molecule has 2 unspecified atom stereocenters. The summed E-state index contributed by atoms with van der Waals surface area (Å²) in [6.07, 6.45) is -0.586. The summed E-state index contributed by atoms with van der Waals surface area (Å²) < 4.78 is 0.803. The van der Waals surface area contributed by atoms with Gasteiger partial charge >= 0.3 is 0 Å². The molecule has 2 aromatic rings. The van der Waals surface area contributed by atoms with Gasteiger partial charge in [0.05, 0.1) is 17.2 Å². The van der Waals surface area contributed by atoms with E-state index < -0.39 is 6.10 Å². The highest BCUT2D eigenvalue weighted by molar-refractivity contribution is 9.10. The van der Waals surface area contributed by atoms with Crippen molar-refractivity contribution >= 4 is 27.5 Å². The molecule has 0 bridgehead atoms. The molecule has 2 N–H and O–H groups in total. The molecule has 0 saturated heterocycles. The zero-order chi connectivity index (χ0) is 13.4. The highest BCUT2D eigenvalue weighted by Crippen LogP contribution is 2.36. The van der Waals surface area contributed by atoms with E-state index in [0.717, 1.165) is 16.6 Å². The van der Waals surface area contributed by atoms with E-state index in [9.17, 15) is 5.11 Å². The molecular formula is C15H13BrClNO. The summed E-state index contributed by atoms with van der Waals surface area (Å²) in [4.78, 5) is 0. The Labute approximate surface area is 125 Å². The minimum Gasteiger partial charge on any atom is -0.386 e. The van der Waals surface area contributed by atoms with Crippen LogP contribution in [0, 0.1) is 0 Å². The molecule has 0 spiro atoms. The second kappa shape index (κ2) is 5.25. The third kappa shape index (κ3) is 2.43. The fourth-order valence-electron chi connectivity index (χ4n) is 2.50. The van der Waals surface area contributed by atoms with Gasteiger partial charge in [0, 0.05) is 11.0 Å². The van der Waals surface area contributed by atoms with Crippen LogP contribution < -0.4 is 5.32 Å². The van der Waals surface area contributed by atoms with Crippen LogP contribution in [-0.2, 0) is 6.54 Å². The van der Waals surface area contributed by atoms with Crippen molar-refractivity contribution in [1.29, 1.82) is 0 Å². The van der Waals surface area contributed by atoms with Crippen LogP contribution in [0.15, 0.2) is 46.9 Å². The van der Waals surface area contributed by atoms with Crippen LogP contribution in [0.2, 0.25) is 5.02 Å². The van der Waals surface area contributed by atoms with Crippen molar-refractivity contribution < 1.29 is 5.11 Å². The first-order valence-corrected chi connectivity index (χ1v) is 7.28. The number of benzene rings is 2. The second-order valence-corrected chi connectivity index (χ2v) is 5.94. The number of hydrogen-bond acceptors (Lipinski definition) is 2. The molecule has 0 radical (unpaired) electrons. The third-order valence-electron chi connectivity index (χ3n) is 3.50. The smallest absolute Gasteiger partial charge is 0.0985 e. The van der Waals surface area contributed by atoms with Crippen molar-refractivity contribution in [2.24, 2.45) is 0 Å². The van der Waals surface area contributed by atoms with Crippen molar-refractivity contribution in [1.82, 2.24) is 5.32 Å². The van der Waals surface area contributed by atoms with Gasteiger partial charge in [-0.25, -0.2) is 0 Å². The van der Waals surface area contributed by atoms with Crippen molar-refractivity contribution in [3.63, 3.8) is 0 Å². The third-order valence-corrected chi connectivity index (χ3v) is 4.72. The van der Waals surface area contributed by atoms with E-state index in [4.69, 9.17) is 11.6 Å². The van der Waals surface area contributed by atoms with Crippen molar-refractivity contribution in [2.75, 3.05) is 0 Å². The van der Waals surface area contributed by atoms with E-state index >= 15 is 0 Å². The van der Waals surface area contributed by atoms with Gasteiger partial charge in [-0.3, -0.25) is 0 Å². The molecule has 1 heterocycles. The molecular weight excluding hydrogens is 326 g/mol. The largest absolute Gasteiger partial charge is 0.386 e. The fourth-order valence-corrected chi connectivity index (χ4v) is 3.01. The number of aliphatic hydroxyl groups excluding tert-OH is 1. The van der Waals surface area contributed by atoms with Gasteiger partial charge < -0.3 is 10.4 Å².